The molecule has 0 radical (unpaired) electrons. The fourth-order valence-corrected chi connectivity index (χ4v) is 2.84. The smallest absolute Gasteiger partial charge is 0.338 e. The SMILES string of the molecule is CCOC(=O)c1cc(-c2ccncc2)nc2c(Cl)cc(Cl)cc12. The number of aromatic nitrogens is 2. The van der Waals surface area contributed by atoms with Gasteiger partial charge in [0.25, 0.3) is 0 Å². The second kappa shape index (κ2) is 6.52. The molecule has 0 aliphatic rings. The van der Waals surface area contributed by atoms with Crippen LogP contribution in [0, 0.1) is 0 Å². The summed E-state index contributed by atoms with van der Waals surface area (Å²) in [7, 11) is 0. The molecule has 0 spiro atoms. The topological polar surface area (TPSA) is 52.1 Å². The maximum Gasteiger partial charge on any atom is 0.338 e. The molecule has 0 amide bonds. The molecular weight excluding hydrogens is 335 g/mol. The number of carbonyl (C=O) groups excluding carboxylic acids is 1. The van der Waals surface area contributed by atoms with Crippen molar-refractivity contribution in [2.45, 2.75) is 6.92 Å². The zero-order valence-electron chi connectivity index (χ0n) is 12.2. The molecule has 0 fully saturated rings. The van der Waals surface area contributed by atoms with Crippen molar-refractivity contribution in [2.24, 2.45) is 0 Å². The van der Waals surface area contributed by atoms with Gasteiger partial charge >= 0.3 is 5.97 Å². The van der Waals surface area contributed by atoms with Gasteiger partial charge in [0.1, 0.15) is 0 Å². The first-order chi connectivity index (χ1) is 11.1. The Morgan fingerprint density at radius 1 is 1.17 bits per heavy atom. The van der Waals surface area contributed by atoms with Gasteiger partial charge < -0.3 is 4.74 Å². The van der Waals surface area contributed by atoms with Crippen molar-refractivity contribution in [3.8, 4) is 11.3 Å². The van der Waals surface area contributed by atoms with E-state index in [0.29, 0.717) is 32.2 Å². The average Bonchev–Trinajstić information content (AvgIpc) is 2.55. The summed E-state index contributed by atoms with van der Waals surface area (Å²) in [6.45, 7) is 2.03. The standard InChI is InChI=1S/C17H12Cl2N2O2/c1-2-23-17(22)13-9-15(10-3-5-20-6-4-10)21-16-12(13)7-11(18)8-14(16)19/h3-9H,2H2,1H3. The maximum absolute atomic E-state index is 12.3. The Bertz CT molecular complexity index is 883. The van der Waals surface area contributed by atoms with Gasteiger partial charge in [0, 0.05) is 28.4 Å². The summed E-state index contributed by atoms with van der Waals surface area (Å²) in [5.41, 5.74) is 2.34. The molecule has 6 heteroatoms. The highest BCUT2D eigenvalue weighted by molar-refractivity contribution is 6.38. The van der Waals surface area contributed by atoms with Gasteiger partial charge in [-0.2, -0.15) is 0 Å². The Balaban J connectivity index is 2.31. The van der Waals surface area contributed by atoms with Crippen LogP contribution in [0.15, 0.2) is 42.7 Å². The number of nitrogens with zero attached hydrogens (tertiary/aromatic N) is 2. The minimum atomic E-state index is -0.437. The van der Waals surface area contributed by atoms with Crippen LogP contribution in [0.2, 0.25) is 10.0 Å². The number of hydrogen-bond acceptors (Lipinski definition) is 4. The molecule has 23 heavy (non-hydrogen) atoms. The molecule has 0 saturated carbocycles. The summed E-state index contributed by atoms with van der Waals surface area (Å²) in [5.74, 6) is -0.437. The quantitative estimate of drug-likeness (QED) is 0.640. The fraction of sp³-hybridized carbons (Fsp3) is 0.118. The van der Waals surface area contributed by atoms with Crippen molar-refractivity contribution in [1.82, 2.24) is 9.97 Å². The summed E-state index contributed by atoms with van der Waals surface area (Å²) in [6, 6.07) is 8.57. The van der Waals surface area contributed by atoms with Crippen molar-refractivity contribution < 1.29 is 9.53 Å². The largest absolute Gasteiger partial charge is 0.462 e. The molecule has 0 aliphatic heterocycles. The van der Waals surface area contributed by atoms with Crippen molar-refractivity contribution >= 4 is 40.1 Å². The number of pyridine rings is 2. The summed E-state index contributed by atoms with van der Waals surface area (Å²) in [5, 5.41) is 1.39. The normalized spacial score (nSPS) is 10.7. The first-order valence-corrected chi connectivity index (χ1v) is 7.73. The second-order valence-corrected chi connectivity index (χ2v) is 5.64. The highest BCUT2D eigenvalue weighted by Crippen LogP contribution is 2.32. The van der Waals surface area contributed by atoms with Crippen molar-refractivity contribution in [3.63, 3.8) is 0 Å². The van der Waals surface area contributed by atoms with E-state index in [4.69, 9.17) is 27.9 Å². The first-order valence-electron chi connectivity index (χ1n) is 6.97. The van der Waals surface area contributed by atoms with E-state index in [-0.39, 0.29) is 6.61 Å². The van der Waals surface area contributed by atoms with E-state index in [9.17, 15) is 4.79 Å². The molecule has 0 N–H and O–H groups in total. The third-order valence-corrected chi connectivity index (χ3v) is 3.81. The lowest BCUT2D eigenvalue weighted by molar-refractivity contribution is 0.0528. The molecule has 0 atom stereocenters. The molecule has 3 rings (SSSR count). The third kappa shape index (κ3) is 3.14. The van der Waals surface area contributed by atoms with E-state index in [1.54, 1.807) is 37.5 Å². The number of fused-ring (bicyclic) bond motifs is 1. The molecule has 0 unspecified atom stereocenters. The Labute approximate surface area is 143 Å². The molecule has 3 aromatic rings. The van der Waals surface area contributed by atoms with Gasteiger partial charge in [0.05, 0.1) is 28.4 Å². The van der Waals surface area contributed by atoms with Gasteiger partial charge in [-0.25, -0.2) is 9.78 Å². The number of esters is 1. The maximum atomic E-state index is 12.3. The first kappa shape index (κ1) is 15.7. The number of ether oxygens (including phenoxy) is 1. The molecule has 1 aromatic carbocycles. The van der Waals surface area contributed by atoms with Crippen LogP contribution in [0.4, 0.5) is 0 Å². The van der Waals surface area contributed by atoms with Crippen LogP contribution in [0.25, 0.3) is 22.2 Å². The Morgan fingerprint density at radius 3 is 2.61 bits per heavy atom. The van der Waals surface area contributed by atoms with Crippen LogP contribution in [-0.4, -0.2) is 22.5 Å². The zero-order chi connectivity index (χ0) is 16.4. The number of benzene rings is 1. The Kier molecular flexibility index (Phi) is 4.46. The fourth-order valence-electron chi connectivity index (χ4n) is 2.30. The molecule has 2 heterocycles. The van der Waals surface area contributed by atoms with E-state index in [0.717, 1.165) is 5.56 Å². The van der Waals surface area contributed by atoms with Crippen LogP contribution in [0.5, 0.6) is 0 Å². The lowest BCUT2D eigenvalue weighted by atomic mass is 10.0. The summed E-state index contributed by atoms with van der Waals surface area (Å²) in [6.07, 6.45) is 3.32. The average molecular weight is 347 g/mol. The van der Waals surface area contributed by atoms with Crippen LogP contribution in [0.3, 0.4) is 0 Å². The predicted molar refractivity (Wildman–Crippen MR) is 91.0 cm³/mol. The monoisotopic (exact) mass is 346 g/mol. The van der Waals surface area contributed by atoms with Gasteiger partial charge in [-0.3, -0.25) is 4.98 Å². The molecule has 116 valence electrons. The molecule has 0 saturated heterocycles. The molecule has 0 aliphatic carbocycles. The van der Waals surface area contributed by atoms with E-state index in [1.165, 1.54) is 0 Å². The number of rotatable bonds is 3. The van der Waals surface area contributed by atoms with E-state index in [2.05, 4.69) is 9.97 Å². The lowest BCUT2D eigenvalue weighted by Gasteiger charge is -2.11. The van der Waals surface area contributed by atoms with Crippen LogP contribution in [-0.2, 0) is 4.74 Å². The third-order valence-electron chi connectivity index (χ3n) is 3.30. The highest BCUT2D eigenvalue weighted by atomic mass is 35.5. The zero-order valence-corrected chi connectivity index (χ0v) is 13.7. The lowest BCUT2D eigenvalue weighted by Crippen LogP contribution is -2.06. The molecule has 0 bridgehead atoms. The van der Waals surface area contributed by atoms with Gasteiger partial charge in [-0.1, -0.05) is 23.2 Å². The van der Waals surface area contributed by atoms with Gasteiger partial charge in [0.15, 0.2) is 0 Å². The number of hydrogen-bond donors (Lipinski definition) is 0. The minimum Gasteiger partial charge on any atom is -0.462 e. The Morgan fingerprint density at radius 2 is 1.91 bits per heavy atom. The summed E-state index contributed by atoms with van der Waals surface area (Å²) < 4.78 is 5.14. The van der Waals surface area contributed by atoms with Gasteiger partial charge in [-0.05, 0) is 37.3 Å². The van der Waals surface area contributed by atoms with E-state index in [1.807, 2.05) is 12.1 Å². The molecule has 4 nitrogen and oxygen atoms in total. The summed E-state index contributed by atoms with van der Waals surface area (Å²) in [4.78, 5) is 20.9. The number of halogens is 2. The van der Waals surface area contributed by atoms with Crippen LogP contribution in [0.1, 0.15) is 17.3 Å². The molecule has 2 aromatic heterocycles. The predicted octanol–water partition coefficient (Wildman–Crippen LogP) is 4.78. The summed E-state index contributed by atoms with van der Waals surface area (Å²) >= 11 is 12.3. The van der Waals surface area contributed by atoms with Gasteiger partial charge in [0.2, 0.25) is 0 Å². The van der Waals surface area contributed by atoms with Gasteiger partial charge in [-0.15, -0.1) is 0 Å². The van der Waals surface area contributed by atoms with Crippen molar-refractivity contribution in [1.29, 1.82) is 0 Å². The van der Waals surface area contributed by atoms with Crippen LogP contribution < -0.4 is 0 Å². The highest BCUT2D eigenvalue weighted by Gasteiger charge is 2.17. The number of carbonyl (C=O) groups is 1. The Hall–Kier alpha value is -2.17. The van der Waals surface area contributed by atoms with Crippen molar-refractivity contribution in [2.75, 3.05) is 6.61 Å². The van der Waals surface area contributed by atoms with Crippen molar-refractivity contribution in [3.05, 3.63) is 58.3 Å². The van der Waals surface area contributed by atoms with E-state index < -0.39 is 5.97 Å². The second-order valence-electron chi connectivity index (χ2n) is 4.80. The molecular formula is C17H12Cl2N2O2. The minimum absolute atomic E-state index is 0.279. The van der Waals surface area contributed by atoms with E-state index >= 15 is 0 Å². The van der Waals surface area contributed by atoms with Crippen LogP contribution >= 0.6 is 23.2 Å².